The Hall–Kier alpha value is -6.64. The van der Waals surface area contributed by atoms with Crippen LogP contribution < -0.4 is 21.7 Å². The lowest BCUT2D eigenvalue weighted by molar-refractivity contribution is 0.0918. The number of aliphatic hydroxyl groups is 1. The second-order valence-electron chi connectivity index (χ2n) is 12.9. The van der Waals surface area contributed by atoms with Crippen molar-refractivity contribution in [2.45, 2.75) is 17.7 Å². The first-order chi connectivity index (χ1) is 26.5. The van der Waals surface area contributed by atoms with E-state index in [-0.39, 0.29) is 17.7 Å². The number of benzene rings is 7. The number of hydrogen-bond acceptors (Lipinski definition) is 5. The van der Waals surface area contributed by atoms with Crippen LogP contribution in [0.5, 0.6) is 0 Å². The van der Waals surface area contributed by atoms with E-state index < -0.39 is 22.9 Å². The van der Waals surface area contributed by atoms with E-state index >= 15 is 0 Å². The first-order valence-electron chi connectivity index (χ1n) is 17.8. The molecule has 0 saturated carbocycles. The molecule has 54 heavy (non-hydrogen) atoms. The Labute approximate surface area is 315 Å². The summed E-state index contributed by atoms with van der Waals surface area (Å²) in [6.07, 6.45) is 0. The molecule has 7 aromatic carbocycles. The Bertz CT molecular complexity index is 1930. The van der Waals surface area contributed by atoms with E-state index in [0.717, 1.165) is 33.4 Å². The molecule has 0 fully saturated rings. The van der Waals surface area contributed by atoms with Crippen LogP contribution in [0.4, 0.5) is 0 Å². The van der Waals surface area contributed by atoms with Crippen molar-refractivity contribution >= 4 is 11.8 Å². The Kier molecular flexibility index (Phi) is 10.8. The van der Waals surface area contributed by atoms with Crippen LogP contribution in [0.2, 0.25) is 0 Å². The molecular weight excluding hydrogens is 669 g/mol. The molecular formula is C47H40N4O3. The van der Waals surface area contributed by atoms with Crippen LogP contribution in [-0.4, -0.2) is 16.9 Å². The topological polar surface area (TPSA) is 102 Å². The van der Waals surface area contributed by atoms with Crippen molar-refractivity contribution in [2.24, 2.45) is 0 Å². The fourth-order valence-electron chi connectivity index (χ4n) is 7.05. The quantitative estimate of drug-likeness (QED) is 0.0627. The number of nitrogens with one attached hydrogen (secondary N) is 4. The average Bonchev–Trinajstić information content (AvgIpc) is 3.26. The van der Waals surface area contributed by atoms with E-state index in [9.17, 15) is 14.7 Å². The molecule has 7 rings (SSSR count). The highest BCUT2D eigenvalue weighted by Gasteiger charge is 2.38. The summed E-state index contributed by atoms with van der Waals surface area (Å²) in [5, 5.41) is 10.3. The third-order valence-electron chi connectivity index (χ3n) is 9.67. The largest absolute Gasteiger partial charge is 0.392 e. The highest BCUT2D eigenvalue weighted by molar-refractivity contribution is 6.00. The number of hydrogen-bond donors (Lipinski definition) is 5. The summed E-state index contributed by atoms with van der Waals surface area (Å²) in [5.41, 5.74) is 17.1. The lowest BCUT2D eigenvalue weighted by Crippen LogP contribution is -2.54. The molecule has 7 heteroatoms. The zero-order chi connectivity index (χ0) is 37.2. The highest BCUT2D eigenvalue weighted by Crippen LogP contribution is 2.37. The lowest BCUT2D eigenvalue weighted by atomic mass is 9.77. The summed E-state index contributed by atoms with van der Waals surface area (Å²) < 4.78 is 0. The van der Waals surface area contributed by atoms with E-state index in [1.807, 2.05) is 182 Å². The molecule has 0 unspecified atom stereocenters. The van der Waals surface area contributed by atoms with Gasteiger partial charge < -0.3 is 5.11 Å². The number of hydrazine groups is 2. The van der Waals surface area contributed by atoms with Gasteiger partial charge in [0.25, 0.3) is 11.8 Å². The normalized spacial score (nSPS) is 11.4. The number of carbonyl (C=O) groups is 2. The molecule has 266 valence electrons. The highest BCUT2D eigenvalue weighted by atomic mass is 16.3. The van der Waals surface area contributed by atoms with E-state index in [4.69, 9.17) is 0 Å². The fraction of sp³-hybridized carbons (Fsp3) is 0.0638. The second-order valence-corrected chi connectivity index (χ2v) is 12.9. The molecule has 0 aromatic heterocycles. The van der Waals surface area contributed by atoms with Crippen LogP contribution in [0.3, 0.4) is 0 Å². The van der Waals surface area contributed by atoms with Gasteiger partial charge in [0.1, 0.15) is 11.1 Å². The molecule has 0 atom stereocenters. The van der Waals surface area contributed by atoms with Gasteiger partial charge in [0.2, 0.25) is 0 Å². The minimum atomic E-state index is -0.964. The summed E-state index contributed by atoms with van der Waals surface area (Å²) in [6, 6.07) is 64.1. The molecule has 7 aromatic rings. The fourth-order valence-corrected chi connectivity index (χ4v) is 7.05. The Balaban J connectivity index is 1.21. The maximum Gasteiger partial charge on any atom is 0.265 e. The molecule has 0 aliphatic heterocycles. The van der Waals surface area contributed by atoms with Crippen LogP contribution in [0, 0.1) is 0 Å². The van der Waals surface area contributed by atoms with Gasteiger partial charge in [-0.15, -0.1) is 0 Å². The first kappa shape index (κ1) is 35.7. The van der Waals surface area contributed by atoms with Gasteiger partial charge in [-0.25, -0.2) is 10.9 Å². The van der Waals surface area contributed by atoms with Gasteiger partial charge in [-0.1, -0.05) is 182 Å². The number of amides is 2. The minimum absolute atomic E-state index is 0.197. The maximum absolute atomic E-state index is 14.1. The third kappa shape index (κ3) is 7.20. The van der Waals surface area contributed by atoms with Crippen molar-refractivity contribution < 1.29 is 14.7 Å². The van der Waals surface area contributed by atoms with E-state index in [0.29, 0.717) is 5.56 Å². The van der Waals surface area contributed by atoms with Gasteiger partial charge in [0.05, 0.1) is 6.61 Å². The van der Waals surface area contributed by atoms with Crippen LogP contribution in [0.1, 0.15) is 59.7 Å². The average molecular weight is 709 g/mol. The van der Waals surface area contributed by atoms with Crippen molar-refractivity contribution in [2.75, 3.05) is 0 Å². The summed E-state index contributed by atoms with van der Waals surface area (Å²) in [7, 11) is 0. The molecule has 0 aliphatic rings. The lowest BCUT2D eigenvalue weighted by Gasteiger charge is -2.37. The van der Waals surface area contributed by atoms with Crippen molar-refractivity contribution in [3.05, 3.63) is 250 Å². The van der Waals surface area contributed by atoms with Crippen molar-refractivity contribution in [3.8, 4) is 0 Å². The second kappa shape index (κ2) is 16.4. The zero-order valence-electron chi connectivity index (χ0n) is 29.5. The molecule has 0 bridgehead atoms. The summed E-state index contributed by atoms with van der Waals surface area (Å²) in [5.74, 6) is -0.960. The van der Waals surface area contributed by atoms with Gasteiger partial charge in [0, 0.05) is 11.1 Å². The minimum Gasteiger partial charge on any atom is -0.392 e. The number of carbonyl (C=O) groups excluding carboxylic acids is 2. The Morgan fingerprint density at radius 2 is 0.630 bits per heavy atom. The standard InChI is InChI=1S/C47H40N4O3/c52-34-35-31-36(44(53)48-50-46(38-19-7-1-8-20-38,39-21-9-2-10-22-39)40-23-11-3-12-24-40)33-37(32-35)45(54)49-51-47(41-25-13-4-14-26-41,42-27-15-5-16-28-42)43-29-17-6-18-30-43/h1-33,50-52H,34H2,(H,48,53)(H,49,54). The van der Waals surface area contributed by atoms with Crippen molar-refractivity contribution in [3.63, 3.8) is 0 Å². The maximum atomic E-state index is 14.1. The van der Waals surface area contributed by atoms with Crippen molar-refractivity contribution in [1.82, 2.24) is 21.7 Å². The molecule has 0 aliphatic carbocycles. The van der Waals surface area contributed by atoms with Crippen LogP contribution in [-0.2, 0) is 17.7 Å². The van der Waals surface area contributed by atoms with E-state index in [2.05, 4.69) is 21.7 Å². The third-order valence-corrected chi connectivity index (χ3v) is 9.67. The summed E-state index contributed by atoms with van der Waals surface area (Å²) in [4.78, 5) is 28.2. The van der Waals surface area contributed by atoms with Gasteiger partial charge in [-0.05, 0) is 57.1 Å². The van der Waals surface area contributed by atoms with Gasteiger partial charge >= 0.3 is 0 Å². The van der Waals surface area contributed by atoms with Crippen molar-refractivity contribution in [1.29, 1.82) is 0 Å². The number of rotatable bonds is 13. The molecule has 2 amide bonds. The molecule has 0 spiro atoms. The molecule has 5 N–H and O–H groups in total. The van der Waals surface area contributed by atoms with E-state index in [1.54, 1.807) is 12.1 Å². The first-order valence-corrected chi connectivity index (χ1v) is 17.8. The smallest absolute Gasteiger partial charge is 0.265 e. The van der Waals surface area contributed by atoms with Crippen LogP contribution >= 0.6 is 0 Å². The molecule has 7 nitrogen and oxygen atoms in total. The molecule has 0 heterocycles. The number of aliphatic hydroxyl groups excluding tert-OH is 1. The predicted molar refractivity (Wildman–Crippen MR) is 212 cm³/mol. The Morgan fingerprint density at radius 3 is 0.852 bits per heavy atom. The summed E-state index contributed by atoms with van der Waals surface area (Å²) in [6.45, 7) is -0.369. The molecule has 0 radical (unpaired) electrons. The van der Waals surface area contributed by atoms with Crippen LogP contribution in [0.25, 0.3) is 0 Å². The van der Waals surface area contributed by atoms with Crippen LogP contribution in [0.15, 0.2) is 200 Å². The summed E-state index contributed by atoms with van der Waals surface area (Å²) >= 11 is 0. The van der Waals surface area contributed by atoms with Gasteiger partial charge in [0.15, 0.2) is 0 Å². The van der Waals surface area contributed by atoms with Gasteiger partial charge in [-0.2, -0.15) is 0 Å². The monoisotopic (exact) mass is 708 g/mol. The SMILES string of the molecule is O=C(NNC(c1ccccc1)(c1ccccc1)c1ccccc1)c1cc(CO)cc(C(=O)NNC(c2ccccc2)(c2ccccc2)c2ccccc2)c1. The van der Waals surface area contributed by atoms with E-state index in [1.165, 1.54) is 6.07 Å². The molecule has 0 saturated heterocycles. The predicted octanol–water partition coefficient (Wildman–Crippen LogP) is 7.63. The zero-order valence-corrected chi connectivity index (χ0v) is 29.5. The Morgan fingerprint density at radius 1 is 0.389 bits per heavy atom. The van der Waals surface area contributed by atoms with Gasteiger partial charge in [-0.3, -0.25) is 20.4 Å².